The minimum Gasteiger partial charge on any atom is -0.595 e. The predicted octanol–water partition coefficient (Wildman–Crippen LogP) is 2.78. The molecule has 2 aromatic rings. The van der Waals surface area contributed by atoms with Crippen molar-refractivity contribution in [3.63, 3.8) is 0 Å². The van der Waals surface area contributed by atoms with Gasteiger partial charge in [-0.15, -0.1) is 4.68 Å². The molecular formula is C15H15ClN2O3. The Labute approximate surface area is 126 Å². The molecule has 0 radical (unpaired) electrons. The molecule has 110 valence electrons. The molecule has 0 fully saturated rings. The van der Waals surface area contributed by atoms with Crippen LogP contribution in [0.3, 0.4) is 0 Å². The molecule has 1 aromatic carbocycles. The second-order valence-corrected chi connectivity index (χ2v) is 6.39. The van der Waals surface area contributed by atoms with Crippen LogP contribution in [0.5, 0.6) is 0 Å². The molecule has 0 atom stereocenters. The van der Waals surface area contributed by atoms with Crippen LogP contribution < -0.4 is 4.85 Å². The summed E-state index contributed by atoms with van der Waals surface area (Å²) in [6, 6.07) is 5.20. The molecule has 1 aromatic heterocycles. The lowest BCUT2D eigenvalue weighted by Crippen LogP contribution is -2.39. The number of fused-ring (bicyclic) bond motifs is 1. The molecule has 0 N–H and O–H groups in total. The van der Waals surface area contributed by atoms with Gasteiger partial charge >= 0.3 is 5.97 Å². The molecule has 0 amide bonds. The summed E-state index contributed by atoms with van der Waals surface area (Å²) in [4.78, 5) is 12.5. The second-order valence-electron chi connectivity index (χ2n) is 5.95. The van der Waals surface area contributed by atoms with E-state index in [4.69, 9.17) is 16.3 Å². The van der Waals surface area contributed by atoms with Gasteiger partial charge in [-0.25, -0.2) is 0 Å². The number of aromatic nitrogens is 2. The van der Waals surface area contributed by atoms with E-state index in [1.807, 2.05) is 19.9 Å². The van der Waals surface area contributed by atoms with Crippen LogP contribution in [-0.2, 0) is 16.6 Å². The van der Waals surface area contributed by atoms with Gasteiger partial charge in [-0.2, -0.15) is 0 Å². The third-order valence-electron chi connectivity index (χ3n) is 3.61. The molecule has 0 unspecified atom stereocenters. The Morgan fingerprint density at radius 3 is 2.81 bits per heavy atom. The Kier molecular flexibility index (Phi) is 2.99. The quantitative estimate of drug-likeness (QED) is 0.462. The van der Waals surface area contributed by atoms with Crippen molar-refractivity contribution in [1.29, 1.82) is 0 Å². The minimum atomic E-state index is -0.349. The fourth-order valence-corrected chi connectivity index (χ4v) is 2.81. The van der Waals surface area contributed by atoms with Crippen LogP contribution in [0.15, 0.2) is 24.3 Å². The number of esters is 1. The zero-order valence-corrected chi connectivity index (χ0v) is 12.8. The van der Waals surface area contributed by atoms with Crippen LogP contribution in [0.25, 0.3) is 16.7 Å². The van der Waals surface area contributed by atoms with Gasteiger partial charge in [-0.1, -0.05) is 30.3 Å². The Hall–Kier alpha value is -2.01. The van der Waals surface area contributed by atoms with Gasteiger partial charge in [0.25, 0.3) is 5.69 Å². The van der Waals surface area contributed by atoms with E-state index in [1.165, 1.54) is 4.68 Å². The minimum absolute atomic E-state index is 0.291. The van der Waals surface area contributed by atoms with E-state index in [-0.39, 0.29) is 11.4 Å². The van der Waals surface area contributed by atoms with Crippen LogP contribution in [0.4, 0.5) is 0 Å². The van der Waals surface area contributed by atoms with Gasteiger partial charge in [0.1, 0.15) is 5.52 Å². The van der Waals surface area contributed by atoms with E-state index in [0.29, 0.717) is 28.3 Å². The lowest BCUT2D eigenvalue weighted by Gasteiger charge is -2.24. The maximum absolute atomic E-state index is 12.4. The molecule has 0 aliphatic carbocycles. The first-order chi connectivity index (χ1) is 9.78. The number of halogens is 1. The summed E-state index contributed by atoms with van der Waals surface area (Å²) in [5.41, 5.74) is 0.694. The largest absolute Gasteiger partial charge is 0.595 e. The number of cyclic esters (lactones) is 1. The summed E-state index contributed by atoms with van der Waals surface area (Å²) in [7, 11) is 1.66. The number of hydrogen-bond donors (Lipinski definition) is 0. The van der Waals surface area contributed by atoms with Gasteiger partial charge in [0.15, 0.2) is 0 Å². The fourth-order valence-electron chi connectivity index (χ4n) is 2.64. The van der Waals surface area contributed by atoms with Gasteiger partial charge in [-0.05, 0) is 29.7 Å². The average molecular weight is 307 g/mol. The first-order valence-electron chi connectivity index (χ1n) is 6.60. The fraction of sp³-hybridized carbons (Fsp3) is 0.333. The van der Waals surface area contributed by atoms with Crippen molar-refractivity contribution in [3.8, 4) is 0 Å². The summed E-state index contributed by atoms with van der Waals surface area (Å²) < 4.78 is 6.75. The van der Waals surface area contributed by atoms with Gasteiger partial charge < -0.3 is 9.94 Å². The number of hydrogen-bond acceptors (Lipinski definition) is 3. The normalized spacial score (nSPS) is 17.7. The van der Waals surface area contributed by atoms with Crippen LogP contribution in [0.2, 0.25) is 5.02 Å². The number of aryl methyl sites for hydroxylation is 1. The number of nitrogens with zero attached hydrogens (tertiary/aromatic N) is 2. The molecular weight excluding hydrogens is 292 g/mol. The Morgan fingerprint density at radius 2 is 2.14 bits per heavy atom. The van der Waals surface area contributed by atoms with Gasteiger partial charge in [0, 0.05) is 5.02 Å². The Bertz CT molecular complexity index is 790. The molecule has 0 saturated carbocycles. The van der Waals surface area contributed by atoms with Crippen molar-refractivity contribution < 1.29 is 14.4 Å². The molecule has 6 heteroatoms. The maximum atomic E-state index is 12.4. The van der Waals surface area contributed by atoms with E-state index in [9.17, 15) is 10.0 Å². The number of ether oxygens (including phenoxy) is 1. The number of allylic oxidation sites excluding steroid dienone is 1. The lowest BCUT2D eigenvalue weighted by atomic mass is 9.86. The summed E-state index contributed by atoms with van der Waals surface area (Å²) in [6.45, 7) is 3.86. The zero-order valence-electron chi connectivity index (χ0n) is 12.0. The summed E-state index contributed by atoms with van der Waals surface area (Å²) >= 11 is 6.03. The van der Waals surface area contributed by atoms with E-state index >= 15 is 0 Å². The van der Waals surface area contributed by atoms with E-state index in [1.54, 1.807) is 25.2 Å². The van der Waals surface area contributed by atoms with E-state index < -0.39 is 0 Å². The highest BCUT2D eigenvalue weighted by atomic mass is 35.5. The Balaban J connectivity index is 2.30. The molecule has 1 aliphatic heterocycles. The van der Waals surface area contributed by atoms with Crippen molar-refractivity contribution in [1.82, 2.24) is 4.68 Å². The molecule has 2 heterocycles. The highest BCUT2D eigenvalue weighted by Gasteiger charge is 2.34. The molecule has 3 rings (SSSR count). The highest BCUT2D eigenvalue weighted by molar-refractivity contribution is 6.31. The number of carbonyl (C=O) groups excluding carboxylic acids is 1. The van der Waals surface area contributed by atoms with Crippen LogP contribution in [-0.4, -0.2) is 10.7 Å². The van der Waals surface area contributed by atoms with Crippen molar-refractivity contribution >= 4 is 34.2 Å². The van der Waals surface area contributed by atoms with Crippen molar-refractivity contribution in [3.05, 3.63) is 40.2 Å². The summed E-state index contributed by atoms with van der Waals surface area (Å²) in [5, 5.41) is 13.6. The van der Waals surface area contributed by atoms with Crippen LogP contribution in [0, 0.1) is 10.6 Å². The number of benzene rings is 1. The summed E-state index contributed by atoms with van der Waals surface area (Å²) in [6.07, 6.45) is 2.11. The first-order valence-corrected chi connectivity index (χ1v) is 6.98. The summed E-state index contributed by atoms with van der Waals surface area (Å²) in [5.74, 6) is -0.0457. The molecule has 0 bridgehead atoms. The van der Waals surface area contributed by atoms with Crippen molar-refractivity contribution in [2.45, 2.75) is 20.3 Å². The third kappa shape index (κ3) is 2.27. The number of rotatable bonds is 1. The molecule has 0 spiro atoms. The molecule has 1 aliphatic rings. The SMILES string of the molecule is Cn1c2ccc(Cl)cc2c(C2=CC(C)(C)CC(=O)O2)[n+]1[O-]. The van der Waals surface area contributed by atoms with Gasteiger partial charge in [-0.3, -0.25) is 4.79 Å². The van der Waals surface area contributed by atoms with Crippen molar-refractivity contribution in [2.24, 2.45) is 12.5 Å². The van der Waals surface area contributed by atoms with E-state index in [0.717, 1.165) is 10.4 Å². The van der Waals surface area contributed by atoms with Gasteiger partial charge in [0.05, 0.1) is 18.9 Å². The first kappa shape index (κ1) is 13.9. The smallest absolute Gasteiger partial charge is 0.312 e. The standard InChI is InChI=1S/C15H15ClN2O3/c1-15(2)7-12(21-13(19)8-15)14-10-6-9(16)4-5-11(10)17(3)18(14)20/h4-7H,8H2,1-3H3. The predicted molar refractivity (Wildman–Crippen MR) is 79.4 cm³/mol. The number of carbonyl (C=O) groups is 1. The third-order valence-corrected chi connectivity index (χ3v) is 3.84. The topological polar surface area (TPSA) is 58.2 Å². The monoisotopic (exact) mass is 306 g/mol. The second kappa shape index (κ2) is 4.49. The van der Waals surface area contributed by atoms with Crippen LogP contribution in [0.1, 0.15) is 26.0 Å². The maximum Gasteiger partial charge on any atom is 0.312 e. The zero-order chi connectivity index (χ0) is 15.4. The molecule has 5 nitrogen and oxygen atoms in total. The lowest BCUT2D eigenvalue weighted by molar-refractivity contribution is -0.691. The Morgan fingerprint density at radius 1 is 1.43 bits per heavy atom. The van der Waals surface area contributed by atoms with E-state index in [2.05, 4.69) is 0 Å². The van der Waals surface area contributed by atoms with Crippen molar-refractivity contribution in [2.75, 3.05) is 0 Å². The van der Waals surface area contributed by atoms with Crippen LogP contribution >= 0.6 is 11.6 Å². The molecule has 0 saturated heterocycles. The average Bonchev–Trinajstić information content (AvgIpc) is 2.59. The highest BCUT2D eigenvalue weighted by Crippen LogP contribution is 2.35. The van der Waals surface area contributed by atoms with Gasteiger partial charge in [0.2, 0.25) is 5.76 Å². The molecule has 21 heavy (non-hydrogen) atoms.